The summed E-state index contributed by atoms with van der Waals surface area (Å²) >= 11 is 0. The van der Waals surface area contributed by atoms with Gasteiger partial charge in [0.25, 0.3) is 5.91 Å². The zero-order valence-corrected chi connectivity index (χ0v) is 15.2. The van der Waals surface area contributed by atoms with Gasteiger partial charge in [0.15, 0.2) is 0 Å². The first-order valence-electron chi connectivity index (χ1n) is 8.55. The van der Waals surface area contributed by atoms with Crippen LogP contribution in [0.2, 0.25) is 0 Å². The minimum Gasteiger partial charge on any atom is -0.355 e. The predicted octanol–water partition coefficient (Wildman–Crippen LogP) is 2.70. The molecule has 0 aromatic heterocycles. The van der Waals surface area contributed by atoms with Crippen LogP contribution in [0.4, 0.5) is 11.4 Å². The number of carbonyl (C=O) groups excluding carboxylic acids is 2. The van der Waals surface area contributed by atoms with Crippen molar-refractivity contribution in [2.24, 2.45) is 0 Å². The van der Waals surface area contributed by atoms with E-state index in [0.29, 0.717) is 17.9 Å². The molecular formula is C21H25N3O2. The molecule has 2 aromatic rings. The summed E-state index contributed by atoms with van der Waals surface area (Å²) in [6.45, 7) is 4.03. The summed E-state index contributed by atoms with van der Waals surface area (Å²) in [4.78, 5) is 23.0. The normalized spacial score (nSPS) is 15.2. The lowest BCUT2D eigenvalue weighted by molar-refractivity contribution is -0.104. The highest BCUT2D eigenvalue weighted by Gasteiger charge is 2.24. The number of likely N-dealkylation sites (N-methyl/N-ethyl adjacent to an activating group) is 1. The van der Waals surface area contributed by atoms with Gasteiger partial charge in [-0.25, -0.2) is 0 Å². The number of hydrogen-bond acceptors (Lipinski definition) is 4. The highest BCUT2D eigenvalue weighted by Crippen LogP contribution is 2.33. The Bertz CT molecular complexity index is 750. The third-order valence-electron chi connectivity index (χ3n) is 4.32. The fourth-order valence-electron chi connectivity index (χ4n) is 2.97. The Hall–Kier alpha value is -2.92. The van der Waals surface area contributed by atoms with Crippen LogP contribution in [0, 0.1) is 0 Å². The molecule has 1 unspecified atom stereocenters. The molecule has 0 aliphatic carbocycles. The van der Waals surface area contributed by atoms with Gasteiger partial charge >= 0.3 is 0 Å². The average Bonchev–Trinajstić information content (AvgIpc) is 2.72. The highest BCUT2D eigenvalue weighted by atomic mass is 16.1. The van der Waals surface area contributed by atoms with Gasteiger partial charge < -0.3 is 15.5 Å². The van der Waals surface area contributed by atoms with E-state index in [1.807, 2.05) is 31.3 Å². The number of aldehydes is 1. The summed E-state index contributed by atoms with van der Waals surface area (Å²) < 4.78 is 0. The standard InChI is InChI=1S/C18H21N3O.C3H4O/c1-19-15-11-14-5-3-4-6-17(14)21(12-15)16-9-7-13(8-10-16)18(22)20-2;1-2-3-4/h3-10,15,19H,11-12H2,1-2H3,(H,20,22);2-3H,1H2. The van der Waals surface area contributed by atoms with Crippen LogP contribution in [0.5, 0.6) is 0 Å². The van der Waals surface area contributed by atoms with Crippen LogP contribution in [0.1, 0.15) is 15.9 Å². The molecule has 3 rings (SSSR count). The molecule has 1 amide bonds. The number of para-hydroxylation sites is 1. The fourth-order valence-corrected chi connectivity index (χ4v) is 2.97. The van der Waals surface area contributed by atoms with Crippen molar-refractivity contribution in [2.75, 3.05) is 25.5 Å². The molecule has 0 bridgehead atoms. The second-order valence-electron chi connectivity index (χ2n) is 5.93. The summed E-state index contributed by atoms with van der Waals surface area (Å²) in [5.41, 5.74) is 4.40. The monoisotopic (exact) mass is 351 g/mol. The second kappa shape index (κ2) is 9.53. The van der Waals surface area contributed by atoms with Crippen LogP contribution in [0.3, 0.4) is 0 Å². The molecular weight excluding hydrogens is 326 g/mol. The molecule has 136 valence electrons. The fraction of sp³-hybridized carbons (Fsp3) is 0.238. The van der Waals surface area contributed by atoms with Gasteiger partial charge in [0.05, 0.1) is 0 Å². The lowest BCUT2D eigenvalue weighted by Gasteiger charge is -2.36. The Morgan fingerprint density at radius 3 is 2.38 bits per heavy atom. The van der Waals surface area contributed by atoms with Gasteiger partial charge in [0.2, 0.25) is 0 Å². The Balaban J connectivity index is 0.000000552. The maximum Gasteiger partial charge on any atom is 0.251 e. The van der Waals surface area contributed by atoms with E-state index in [9.17, 15) is 4.79 Å². The summed E-state index contributed by atoms with van der Waals surface area (Å²) in [7, 11) is 3.65. The Kier molecular flexibility index (Phi) is 7.12. The van der Waals surface area contributed by atoms with E-state index in [1.165, 1.54) is 17.3 Å². The number of anilines is 2. The number of benzene rings is 2. The van der Waals surface area contributed by atoms with Crippen molar-refractivity contribution in [3.8, 4) is 0 Å². The van der Waals surface area contributed by atoms with Crippen molar-refractivity contribution in [2.45, 2.75) is 12.5 Å². The molecule has 26 heavy (non-hydrogen) atoms. The maximum atomic E-state index is 11.7. The van der Waals surface area contributed by atoms with Crippen LogP contribution < -0.4 is 15.5 Å². The van der Waals surface area contributed by atoms with Crippen molar-refractivity contribution in [1.29, 1.82) is 0 Å². The number of nitrogens with zero attached hydrogens (tertiary/aromatic N) is 1. The van der Waals surface area contributed by atoms with Gasteiger partial charge in [-0.3, -0.25) is 9.59 Å². The predicted molar refractivity (Wildman–Crippen MR) is 106 cm³/mol. The van der Waals surface area contributed by atoms with Crippen molar-refractivity contribution < 1.29 is 9.59 Å². The third kappa shape index (κ3) is 4.58. The summed E-state index contributed by atoms with van der Waals surface area (Å²) in [5.74, 6) is -0.0568. The van der Waals surface area contributed by atoms with E-state index < -0.39 is 0 Å². The number of amides is 1. The lowest BCUT2D eigenvalue weighted by Crippen LogP contribution is -2.42. The molecule has 1 heterocycles. The zero-order chi connectivity index (χ0) is 18.9. The van der Waals surface area contributed by atoms with Crippen LogP contribution in [0.15, 0.2) is 61.2 Å². The number of allylic oxidation sites excluding steroid dienone is 1. The molecule has 0 saturated heterocycles. The quantitative estimate of drug-likeness (QED) is 0.657. The van der Waals surface area contributed by atoms with Crippen molar-refractivity contribution in [1.82, 2.24) is 10.6 Å². The molecule has 5 heteroatoms. The molecule has 0 radical (unpaired) electrons. The summed E-state index contributed by atoms with van der Waals surface area (Å²) in [6.07, 6.45) is 2.87. The van der Waals surface area contributed by atoms with E-state index in [1.54, 1.807) is 7.05 Å². The molecule has 1 aliphatic rings. The first-order chi connectivity index (χ1) is 12.6. The van der Waals surface area contributed by atoms with Gasteiger partial charge in [-0.2, -0.15) is 0 Å². The zero-order valence-electron chi connectivity index (χ0n) is 15.2. The van der Waals surface area contributed by atoms with E-state index in [4.69, 9.17) is 4.79 Å². The number of hydrogen-bond donors (Lipinski definition) is 2. The van der Waals surface area contributed by atoms with E-state index in [0.717, 1.165) is 18.7 Å². The van der Waals surface area contributed by atoms with Gasteiger partial charge in [-0.15, -0.1) is 0 Å². The molecule has 5 nitrogen and oxygen atoms in total. The second-order valence-corrected chi connectivity index (χ2v) is 5.93. The topological polar surface area (TPSA) is 61.4 Å². The van der Waals surface area contributed by atoms with E-state index in [-0.39, 0.29) is 5.91 Å². The van der Waals surface area contributed by atoms with Crippen LogP contribution in [-0.2, 0) is 11.2 Å². The first kappa shape index (κ1) is 19.4. The summed E-state index contributed by atoms with van der Waals surface area (Å²) in [5, 5.41) is 6.03. The average molecular weight is 351 g/mol. The smallest absolute Gasteiger partial charge is 0.251 e. The Morgan fingerprint density at radius 1 is 1.15 bits per heavy atom. The van der Waals surface area contributed by atoms with Crippen molar-refractivity contribution in [3.63, 3.8) is 0 Å². The molecule has 2 N–H and O–H groups in total. The van der Waals surface area contributed by atoms with Gasteiger partial charge in [-0.05, 0) is 55.4 Å². The number of nitrogens with one attached hydrogen (secondary N) is 2. The molecule has 0 spiro atoms. The van der Waals surface area contributed by atoms with E-state index >= 15 is 0 Å². The van der Waals surface area contributed by atoms with Gasteiger partial charge in [0.1, 0.15) is 6.29 Å². The van der Waals surface area contributed by atoms with Gasteiger partial charge in [-0.1, -0.05) is 24.8 Å². The number of fused-ring (bicyclic) bond motifs is 1. The molecule has 0 saturated carbocycles. The molecule has 1 atom stereocenters. The number of carbonyl (C=O) groups is 2. The minimum atomic E-state index is -0.0568. The SMILES string of the molecule is C=CC=O.CNC(=O)c1ccc(N2CC(NC)Cc3ccccc32)cc1. The Labute approximate surface area is 154 Å². The number of rotatable bonds is 4. The maximum absolute atomic E-state index is 11.7. The van der Waals surface area contributed by atoms with Crippen molar-refractivity contribution in [3.05, 3.63) is 72.3 Å². The van der Waals surface area contributed by atoms with Crippen molar-refractivity contribution >= 4 is 23.6 Å². The van der Waals surface area contributed by atoms with Crippen LogP contribution in [0.25, 0.3) is 0 Å². The van der Waals surface area contributed by atoms with Crippen LogP contribution in [-0.4, -0.2) is 38.9 Å². The Morgan fingerprint density at radius 2 is 1.81 bits per heavy atom. The lowest BCUT2D eigenvalue weighted by atomic mass is 9.97. The van der Waals surface area contributed by atoms with Crippen LogP contribution >= 0.6 is 0 Å². The van der Waals surface area contributed by atoms with Gasteiger partial charge in [0, 0.05) is 36.6 Å². The summed E-state index contributed by atoms with van der Waals surface area (Å²) in [6, 6.07) is 16.7. The molecule has 2 aromatic carbocycles. The third-order valence-corrected chi connectivity index (χ3v) is 4.32. The minimum absolute atomic E-state index is 0.0568. The first-order valence-corrected chi connectivity index (χ1v) is 8.55. The molecule has 1 aliphatic heterocycles. The largest absolute Gasteiger partial charge is 0.355 e. The molecule has 0 fully saturated rings. The van der Waals surface area contributed by atoms with E-state index in [2.05, 4.69) is 46.4 Å². The highest BCUT2D eigenvalue weighted by molar-refractivity contribution is 5.94.